The van der Waals surface area contributed by atoms with E-state index in [1.807, 2.05) is 0 Å². The molecule has 11 nitrogen and oxygen atoms in total. The number of esters is 2. The van der Waals surface area contributed by atoms with Gasteiger partial charge in [0.15, 0.2) is 0 Å². The summed E-state index contributed by atoms with van der Waals surface area (Å²) in [5, 5.41) is 4.97. The van der Waals surface area contributed by atoms with E-state index in [-0.39, 0.29) is 25.1 Å². The first-order valence-electron chi connectivity index (χ1n) is 11.1. The first-order chi connectivity index (χ1) is 16.1. The molecule has 11 heteroatoms. The molecular weight excluding hydrogens is 458 g/mol. The summed E-state index contributed by atoms with van der Waals surface area (Å²) in [5.74, 6) is -1.83. The van der Waals surface area contributed by atoms with E-state index in [1.54, 1.807) is 41.5 Å². The van der Waals surface area contributed by atoms with E-state index in [4.69, 9.17) is 9.47 Å². The molecule has 0 saturated heterocycles. The Bertz CT molecular complexity index is 999. The van der Waals surface area contributed by atoms with Gasteiger partial charge in [0.25, 0.3) is 5.56 Å². The Morgan fingerprint density at radius 1 is 1.06 bits per heavy atom. The van der Waals surface area contributed by atoms with Crippen molar-refractivity contribution in [2.45, 2.75) is 78.2 Å². The van der Waals surface area contributed by atoms with E-state index in [9.17, 15) is 24.0 Å². The fourth-order valence-electron chi connectivity index (χ4n) is 2.72. The lowest BCUT2D eigenvalue weighted by molar-refractivity contribution is -0.155. The van der Waals surface area contributed by atoms with Crippen LogP contribution in [0.15, 0.2) is 35.3 Å². The van der Waals surface area contributed by atoms with Crippen molar-refractivity contribution in [2.75, 3.05) is 12.4 Å². The third-order valence-corrected chi connectivity index (χ3v) is 4.08. The van der Waals surface area contributed by atoms with Crippen LogP contribution in [0.1, 0.15) is 54.4 Å². The van der Waals surface area contributed by atoms with E-state index in [2.05, 4.69) is 15.4 Å². The van der Waals surface area contributed by atoms with Crippen molar-refractivity contribution in [3.05, 3.63) is 40.8 Å². The highest BCUT2D eigenvalue weighted by atomic mass is 16.6. The van der Waals surface area contributed by atoms with Gasteiger partial charge in [0.1, 0.15) is 29.5 Å². The number of anilines is 1. The molecule has 0 aliphatic carbocycles. The molecular formula is C24H35N3O8. The molecule has 194 valence electrons. The SMILES string of the molecule is COC(=O)C=CCCC(NC(=O)OC(C)(C)C)C(=O)Nc1cccn(CC(=O)OC(C)(C)C)c1=O. The zero-order chi connectivity index (χ0) is 26.8. The van der Waals surface area contributed by atoms with E-state index in [0.29, 0.717) is 0 Å². The topological polar surface area (TPSA) is 142 Å². The Morgan fingerprint density at radius 3 is 2.26 bits per heavy atom. The van der Waals surface area contributed by atoms with Crippen LogP contribution in [0, 0.1) is 0 Å². The average Bonchev–Trinajstić information content (AvgIpc) is 2.70. The van der Waals surface area contributed by atoms with Crippen molar-refractivity contribution < 1.29 is 33.4 Å². The lowest BCUT2D eigenvalue weighted by Crippen LogP contribution is -2.46. The van der Waals surface area contributed by atoms with Crippen LogP contribution in [0.4, 0.5) is 10.5 Å². The summed E-state index contributed by atoms with van der Waals surface area (Å²) in [6, 6.07) is 1.80. The molecule has 0 radical (unpaired) electrons. The van der Waals surface area contributed by atoms with Crippen molar-refractivity contribution in [3.8, 4) is 0 Å². The molecule has 1 aromatic heterocycles. The molecule has 35 heavy (non-hydrogen) atoms. The molecule has 1 rings (SSSR count). The van der Waals surface area contributed by atoms with E-state index in [0.717, 1.165) is 4.57 Å². The largest absolute Gasteiger partial charge is 0.466 e. The predicted octanol–water partition coefficient (Wildman–Crippen LogP) is 2.53. The third kappa shape index (κ3) is 11.9. The molecule has 0 aliphatic rings. The highest BCUT2D eigenvalue weighted by molar-refractivity contribution is 5.96. The van der Waals surface area contributed by atoms with Crippen LogP contribution in [0.5, 0.6) is 0 Å². The highest BCUT2D eigenvalue weighted by Crippen LogP contribution is 2.10. The number of alkyl carbamates (subject to hydrolysis) is 1. The Hall–Kier alpha value is -3.63. The number of amides is 2. The van der Waals surface area contributed by atoms with Crippen LogP contribution < -0.4 is 16.2 Å². The summed E-state index contributed by atoms with van der Waals surface area (Å²) in [5.41, 5.74) is -2.20. The molecule has 0 spiro atoms. The molecule has 0 bridgehead atoms. The summed E-state index contributed by atoms with van der Waals surface area (Å²) >= 11 is 0. The average molecular weight is 494 g/mol. The Kier molecular flexibility index (Phi) is 10.7. The van der Waals surface area contributed by atoms with E-state index >= 15 is 0 Å². The number of nitrogens with one attached hydrogen (secondary N) is 2. The number of methoxy groups -OCH3 is 1. The maximum Gasteiger partial charge on any atom is 0.408 e. The van der Waals surface area contributed by atoms with Crippen LogP contribution in [0.25, 0.3) is 0 Å². The number of hydrogen-bond acceptors (Lipinski definition) is 8. The maximum absolute atomic E-state index is 12.9. The number of ether oxygens (including phenoxy) is 3. The molecule has 1 atom stereocenters. The van der Waals surface area contributed by atoms with Gasteiger partial charge in [-0.25, -0.2) is 9.59 Å². The second-order valence-electron chi connectivity index (χ2n) is 9.63. The van der Waals surface area contributed by atoms with Crippen LogP contribution in [0.3, 0.4) is 0 Å². The zero-order valence-corrected chi connectivity index (χ0v) is 21.3. The second-order valence-corrected chi connectivity index (χ2v) is 9.63. The highest BCUT2D eigenvalue weighted by Gasteiger charge is 2.25. The number of pyridine rings is 1. The minimum Gasteiger partial charge on any atom is -0.466 e. The van der Waals surface area contributed by atoms with Gasteiger partial charge < -0.3 is 29.4 Å². The van der Waals surface area contributed by atoms with Crippen LogP contribution >= 0.6 is 0 Å². The number of carbonyl (C=O) groups is 4. The van der Waals surface area contributed by atoms with Crippen LogP contribution in [-0.2, 0) is 35.1 Å². The van der Waals surface area contributed by atoms with Crippen molar-refractivity contribution >= 4 is 29.6 Å². The molecule has 0 aliphatic heterocycles. The molecule has 1 heterocycles. The lowest BCUT2D eigenvalue weighted by atomic mass is 10.1. The van der Waals surface area contributed by atoms with Gasteiger partial charge in [-0.1, -0.05) is 6.08 Å². The molecule has 2 N–H and O–H groups in total. The minimum atomic E-state index is -1.08. The Balaban J connectivity index is 3.01. The number of aromatic nitrogens is 1. The maximum atomic E-state index is 12.9. The van der Waals surface area contributed by atoms with Gasteiger partial charge in [-0.3, -0.25) is 14.4 Å². The van der Waals surface area contributed by atoms with Gasteiger partial charge in [-0.2, -0.15) is 0 Å². The standard InChI is InChI=1S/C24H35N3O8/c1-23(2,3)34-19(29)15-27-14-10-12-17(21(27)31)25-20(30)16(11-8-9-13-18(28)33-7)26-22(32)35-24(4,5)6/h9-10,12-14,16H,8,11,15H2,1-7H3,(H,25,30)(H,26,32). The van der Waals surface area contributed by atoms with Gasteiger partial charge in [0.2, 0.25) is 5.91 Å². The van der Waals surface area contributed by atoms with E-state index in [1.165, 1.54) is 37.6 Å². The first-order valence-corrected chi connectivity index (χ1v) is 11.1. The Morgan fingerprint density at radius 2 is 1.69 bits per heavy atom. The number of allylic oxidation sites excluding steroid dienone is 1. The summed E-state index contributed by atoms with van der Waals surface area (Å²) in [4.78, 5) is 61.3. The fraction of sp³-hybridized carbons (Fsp3) is 0.542. The third-order valence-electron chi connectivity index (χ3n) is 4.08. The number of hydrogen-bond donors (Lipinski definition) is 2. The lowest BCUT2D eigenvalue weighted by Gasteiger charge is -2.23. The van der Waals surface area contributed by atoms with Gasteiger partial charge >= 0.3 is 18.0 Å². The number of nitrogens with zero attached hydrogens (tertiary/aromatic N) is 1. The van der Waals surface area contributed by atoms with Crippen molar-refractivity contribution in [1.29, 1.82) is 0 Å². The number of rotatable bonds is 9. The molecule has 1 aromatic rings. The first kappa shape index (κ1) is 29.4. The Labute approximate surface area is 204 Å². The van der Waals surface area contributed by atoms with Gasteiger partial charge in [-0.05, 0) is 66.5 Å². The summed E-state index contributed by atoms with van der Waals surface area (Å²) < 4.78 is 16.1. The van der Waals surface area contributed by atoms with E-state index < -0.39 is 46.7 Å². The zero-order valence-electron chi connectivity index (χ0n) is 21.3. The van der Waals surface area contributed by atoms with Crippen molar-refractivity contribution in [2.24, 2.45) is 0 Å². The molecule has 0 saturated carbocycles. The molecule has 0 fully saturated rings. The minimum absolute atomic E-state index is 0.0813. The second kappa shape index (κ2) is 12.7. The molecule has 1 unspecified atom stereocenters. The summed E-state index contributed by atoms with van der Waals surface area (Å²) in [7, 11) is 1.24. The van der Waals surface area contributed by atoms with Gasteiger partial charge in [-0.15, -0.1) is 0 Å². The van der Waals surface area contributed by atoms with Crippen molar-refractivity contribution in [1.82, 2.24) is 9.88 Å². The predicted molar refractivity (Wildman–Crippen MR) is 129 cm³/mol. The molecule has 2 amide bonds. The van der Waals surface area contributed by atoms with Gasteiger partial charge in [0, 0.05) is 12.3 Å². The summed E-state index contributed by atoms with van der Waals surface area (Å²) in [6.07, 6.45) is 3.65. The number of carbonyl (C=O) groups excluding carboxylic acids is 4. The van der Waals surface area contributed by atoms with Crippen LogP contribution in [-0.4, -0.2) is 52.9 Å². The monoisotopic (exact) mass is 493 g/mol. The van der Waals surface area contributed by atoms with Crippen LogP contribution in [0.2, 0.25) is 0 Å². The molecule has 0 aromatic carbocycles. The quantitative estimate of drug-likeness (QED) is 0.304. The fourth-order valence-corrected chi connectivity index (χ4v) is 2.72. The smallest absolute Gasteiger partial charge is 0.408 e. The normalized spacial score (nSPS) is 12.5. The van der Waals surface area contributed by atoms with Crippen molar-refractivity contribution in [3.63, 3.8) is 0 Å². The van der Waals surface area contributed by atoms with Gasteiger partial charge in [0.05, 0.1) is 7.11 Å². The summed E-state index contributed by atoms with van der Waals surface area (Å²) in [6.45, 7) is 9.83.